The first-order chi connectivity index (χ1) is 10.6. The standard InChI is InChI=1S/C14H17N5O2S/c1-15-22(20,21)7-9-4-10(5-9)19-8-18-12-6-17-14-11(13(12)19)2-3-16-14/h2-3,6,8-10,15H,4-5,7H2,1H3,(H,16,17)/t9-,10+. The molecule has 3 aromatic rings. The number of aromatic nitrogens is 4. The van der Waals surface area contributed by atoms with Crippen LogP contribution >= 0.6 is 0 Å². The summed E-state index contributed by atoms with van der Waals surface area (Å²) >= 11 is 0. The van der Waals surface area contributed by atoms with Gasteiger partial charge in [-0.15, -0.1) is 0 Å². The van der Waals surface area contributed by atoms with E-state index in [1.807, 2.05) is 18.6 Å². The maximum atomic E-state index is 11.6. The Morgan fingerprint density at radius 3 is 3.00 bits per heavy atom. The summed E-state index contributed by atoms with van der Waals surface area (Å²) < 4.78 is 27.8. The zero-order chi connectivity index (χ0) is 15.3. The van der Waals surface area contributed by atoms with Gasteiger partial charge in [0.25, 0.3) is 0 Å². The van der Waals surface area contributed by atoms with Gasteiger partial charge in [0.15, 0.2) is 0 Å². The molecule has 1 saturated carbocycles. The van der Waals surface area contributed by atoms with Crippen LogP contribution < -0.4 is 4.72 Å². The van der Waals surface area contributed by atoms with E-state index in [0.717, 1.165) is 34.9 Å². The fraction of sp³-hybridized carbons (Fsp3) is 0.429. The van der Waals surface area contributed by atoms with Crippen LogP contribution in [-0.4, -0.2) is 40.7 Å². The zero-order valence-corrected chi connectivity index (χ0v) is 13.0. The van der Waals surface area contributed by atoms with Gasteiger partial charge in [-0.3, -0.25) is 0 Å². The molecule has 0 radical (unpaired) electrons. The van der Waals surface area contributed by atoms with Crippen molar-refractivity contribution in [3.8, 4) is 0 Å². The van der Waals surface area contributed by atoms with Crippen LogP contribution in [0.3, 0.4) is 0 Å². The molecule has 1 aliphatic carbocycles. The minimum absolute atomic E-state index is 0.202. The second kappa shape index (κ2) is 4.79. The third kappa shape index (κ3) is 2.10. The van der Waals surface area contributed by atoms with E-state index in [2.05, 4.69) is 24.2 Å². The van der Waals surface area contributed by atoms with Gasteiger partial charge in [0.05, 0.1) is 23.8 Å². The van der Waals surface area contributed by atoms with E-state index in [-0.39, 0.29) is 11.7 Å². The number of hydrogen-bond acceptors (Lipinski definition) is 4. The Kier molecular flexibility index (Phi) is 2.98. The lowest BCUT2D eigenvalue weighted by Gasteiger charge is -2.36. The first kappa shape index (κ1) is 13.7. The second-order valence-corrected chi connectivity index (χ2v) is 7.83. The minimum Gasteiger partial charge on any atom is -0.346 e. The van der Waals surface area contributed by atoms with Crippen molar-refractivity contribution in [3.63, 3.8) is 0 Å². The fourth-order valence-electron chi connectivity index (χ4n) is 3.27. The van der Waals surface area contributed by atoms with Crippen molar-refractivity contribution in [2.24, 2.45) is 5.92 Å². The Morgan fingerprint density at radius 1 is 1.41 bits per heavy atom. The number of nitrogens with one attached hydrogen (secondary N) is 2. The van der Waals surface area contributed by atoms with Crippen LogP contribution in [0.15, 0.2) is 24.8 Å². The van der Waals surface area contributed by atoms with Crippen LogP contribution in [0.2, 0.25) is 0 Å². The summed E-state index contributed by atoms with van der Waals surface area (Å²) in [6.45, 7) is 0. The number of imidazole rings is 1. The number of aromatic amines is 1. The zero-order valence-electron chi connectivity index (χ0n) is 12.2. The molecule has 3 aromatic heterocycles. The number of sulfonamides is 1. The highest BCUT2D eigenvalue weighted by Crippen LogP contribution is 2.40. The summed E-state index contributed by atoms with van der Waals surface area (Å²) in [6.07, 6.45) is 7.21. The highest BCUT2D eigenvalue weighted by molar-refractivity contribution is 7.89. The molecule has 7 nitrogen and oxygen atoms in total. The number of pyridine rings is 1. The van der Waals surface area contributed by atoms with Crippen molar-refractivity contribution in [3.05, 3.63) is 24.8 Å². The molecule has 0 unspecified atom stereocenters. The largest absolute Gasteiger partial charge is 0.346 e. The average molecular weight is 319 g/mol. The lowest BCUT2D eigenvalue weighted by atomic mass is 9.81. The van der Waals surface area contributed by atoms with Crippen molar-refractivity contribution < 1.29 is 8.42 Å². The summed E-state index contributed by atoms with van der Waals surface area (Å²) in [5.41, 5.74) is 2.80. The van der Waals surface area contributed by atoms with E-state index < -0.39 is 10.0 Å². The van der Waals surface area contributed by atoms with Crippen molar-refractivity contribution in [1.82, 2.24) is 24.2 Å². The van der Waals surface area contributed by atoms with Gasteiger partial charge in [0.1, 0.15) is 11.2 Å². The molecule has 0 bridgehead atoms. The van der Waals surface area contributed by atoms with Gasteiger partial charge >= 0.3 is 0 Å². The van der Waals surface area contributed by atoms with E-state index in [9.17, 15) is 8.42 Å². The molecule has 22 heavy (non-hydrogen) atoms. The van der Waals surface area contributed by atoms with Crippen molar-refractivity contribution in [2.45, 2.75) is 18.9 Å². The molecule has 8 heteroatoms. The lowest BCUT2D eigenvalue weighted by molar-refractivity contribution is 0.222. The van der Waals surface area contributed by atoms with Gasteiger partial charge in [0.2, 0.25) is 10.0 Å². The van der Waals surface area contributed by atoms with Crippen LogP contribution in [0.1, 0.15) is 18.9 Å². The molecule has 0 aromatic carbocycles. The van der Waals surface area contributed by atoms with E-state index in [1.54, 1.807) is 6.20 Å². The predicted octanol–water partition coefficient (Wildman–Crippen LogP) is 1.41. The van der Waals surface area contributed by atoms with E-state index in [0.29, 0.717) is 6.04 Å². The van der Waals surface area contributed by atoms with Gasteiger partial charge in [-0.25, -0.2) is 23.1 Å². The number of H-pyrrole nitrogens is 1. The molecule has 0 atom stereocenters. The van der Waals surface area contributed by atoms with Crippen molar-refractivity contribution >= 4 is 32.1 Å². The van der Waals surface area contributed by atoms with Crippen LogP contribution in [0, 0.1) is 5.92 Å². The molecule has 0 saturated heterocycles. The molecule has 116 valence electrons. The summed E-state index contributed by atoms with van der Waals surface area (Å²) in [4.78, 5) is 11.9. The molecule has 0 amide bonds. The second-order valence-electron chi connectivity index (χ2n) is 5.86. The summed E-state index contributed by atoms with van der Waals surface area (Å²) in [6, 6.07) is 2.31. The van der Waals surface area contributed by atoms with E-state index in [4.69, 9.17) is 0 Å². The number of fused-ring (bicyclic) bond motifs is 3. The average Bonchev–Trinajstić information content (AvgIpc) is 3.08. The molecule has 1 fully saturated rings. The monoisotopic (exact) mass is 319 g/mol. The third-order valence-corrected chi connectivity index (χ3v) is 6.02. The van der Waals surface area contributed by atoms with Gasteiger partial charge in [-0.05, 0) is 31.9 Å². The summed E-state index contributed by atoms with van der Waals surface area (Å²) in [5, 5.41) is 1.06. The Balaban J connectivity index is 1.62. The van der Waals surface area contributed by atoms with Crippen LogP contribution in [0.25, 0.3) is 22.1 Å². The van der Waals surface area contributed by atoms with Crippen molar-refractivity contribution in [1.29, 1.82) is 0 Å². The Morgan fingerprint density at radius 2 is 2.23 bits per heavy atom. The van der Waals surface area contributed by atoms with Gasteiger partial charge in [-0.1, -0.05) is 0 Å². The van der Waals surface area contributed by atoms with E-state index >= 15 is 0 Å². The van der Waals surface area contributed by atoms with Crippen LogP contribution in [0.5, 0.6) is 0 Å². The lowest BCUT2D eigenvalue weighted by Crippen LogP contribution is -2.35. The number of hydrogen-bond donors (Lipinski definition) is 2. The smallest absolute Gasteiger partial charge is 0.211 e. The first-order valence-electron chi connectivity index (χ1n) is 7.27. The molecule has 4 rings (SSSR count). The van der Waals surface area contributed by atoms with Gasteiger partial charge in [-0.2, -0.15) is 0 Å². The maximum absolute atomic E-state index is 11.6. The van der Waals surface area contributed by atoms with Crippen LogP contribution in [-0.2, 0) is 10.0 Å². The Labute approximate surface area is 127 Å². The molecule has 1 aliphatic rings. The molecule has 0 aliphatic heterocycles. The SMILES string of the molecule is CNS(=O)(=O)C[C@H]1C[C@@H](n2cnc3cnc4[nH]ccc4c32)C1. The Bertz CT molecular complexity index is 937. The first-order valence-corrected chi connectivity index (χ1v) is 8.92. The maximum Gasteiger partial charge on any atom is 0.211 e. The van der Waals surface area contributed by atoms with Gasteiger partial charge < -0.3 is 9.55 Å². The van der Waals surface area contributed by atoms with Crippen LogP contribution in [0.4, 0.5) is 0 Å². The topological polar surface area (TPSA) is 92.7 Å². The number of rotatable bonds is 4. The molecular weight excluding hydrogens is 302 g/mol. The molecule has 2 N–H and O–H groups in total. The molecular formula is C14H17N5O2S. The molecule has 0 spiro atoms. The summed E-state index contributed by atoms with van der Waals surface area (Å²) in [7, 11) is -1.67. The third-order valence-electron chi connectivity index (χ3n) is 4.49. The minimum atomic E-state index is -3.13. The highest BCUT2D eigenvalue weighted by atomic mass is 32.2. The van der Waals surface area contributed by atoms with E-state index in [1.165, 1.54) is 7.05 Å². The molecule has 3 heterocycles. The highest BCUT2D eigenvalue weighted by Gasteiger charge is 2.34. The van der Waals surface area contributed by atoms with Crippen molar-refractivity contribution in [2.75, 3.05) is 12.8 Å². The Hall–Kier alpha value is -1.93. The normalized spacial score (nSPS) is 22.2. The van der Waals surface area contributed by atoms with Gasteiger partial charge in [0, 0.05) is 17.6 Å². The number of nitrogens with zero attached hydrogens (tertiary/aromatic N) is 3. The summed E-state index contributed by atoms with van der Waals surface area (Å²) in [5.74, 6) is 0.414. The predicted molar refractivity (Wildman–Crippen MR) is 84.0 cm³/mol. The fourth-order valence-corrected chi connectivity index (χ4v) is 4.32. The quantitative estimate of drug-likeness (QED) is 0.760.